The standard InChI is InChI=1S/C10H13NO3/c1-6(10(13)14)5-9(12)8-4-3-7(2)11-8/h3-4,6,11H,5H2,1-2H3,(H,13,14). The first-order chi connectivity index (χ1) is 6.50. The van der Waals surface area contributed by atoms with E-state index in [2.05, 4.69) is 4.98 Å². The lowest BCUT2D eigenvalue weighted by molar-refractivity contribution is -0.141. The summed E-state index contributed by atoms with van der Waals surface area (Å²) in [5, 5.41) is 8.62. The third-order valence-corrected chi connectivity index (χ3v) is 2.05. The molecule has 2 N–H and O–H groups in total. The number of carbonyl (C=O) groups excluding carboxylic acids is 1. The fraction of sp³-hybridized carbons (Fsp3) is 0.400. The zero-order valence-electron chi connectivity index (χ0n) is 8.20. The molecular weight excluding hydrogens is 182 g/mol. The molecule has 4 nitrogen and oxygen atoms in total. The number of aromatic nitrogens is 1. The molecule has 0 aromatic carbocycles. The SMILES string of the molecule is Cc1ccc(C(=O)CC(C)C(=O)O)[nH]1. The smallest absolute Gasteiger partial charge is 0.306 e. The van der Waals surface area contributed by atoms with E-state index in [9.17, 15) is 9.59 Å². The van der Waals surface area contributed by atoms with Crippen molar-refractivity contribution in [3.05, 3.63) is 23.5 Å². The maximum Gasteiger partial charge on any atom is 0.306 e. The second-order valence-corrected chi connectivity index (χ2v) is 3.42. The Balaban J connectivity index is 2.63. The molecule has 4 heteroatoms. The summed E-state index contributed by atoms with van der Waals surface area (Å²) in [4.78, 5) is 24.9. The van der Waals surface area contributed by atoms with Gasteiger partial charge in [-0.05, 0) is 19.1 Å². The number of aromatic amines is 1. The summed E-state index contributed by atoms with van der Waals surface area (Å²) < 4.78 is 0. The highest BCUT2D eigenvalue weighted by molar-refractivity contribution is 5.96. The summed E-state index contributed by atoms with van der Waals surface area (Å²) >= 11 is 0. The van der Waals surface area contributed by atoms with Crippen molar-refractivity contribution in [1.29, 1.82) is 0 Å². The minimum absolute atomic E-state index is 0.0370. The highest BCUT2D eigenvalue weighted by atomic mass is 16.4. The zero-order valence-corrected chi connectivity index (χ0v) is 8.20. The molecule has 14 heavy (non-hydrogen) atoms. The Labute approximate surface area is 81.9 Å². The molecule has 0 saturated heterocycles. The van der Waals surface area contributed by atoms with Crippen LogP contribution in [0.1, 0.15) is 29.5 Å². The minimum Gasteiger partial charge on any atom is -0.481 e. The Morgan fingerprint density at radius 1 is 1.50 bits per heavy atom. The van der Waals surface area contributed by atoms with Crippen LogP contribution in [0.2, 0.25) is 0 Å². The van der Waals surface area contributed by atoms with Gasteiger partial charge in [0, 0.05) is 12.1 Å². The van der Waals surface area contributed by atoms with Crippen molar-refractivity contribution in [2.24, 2.45) is 5.92 Å². The zero-order chi connectivity index (χ0) is 10.7. The molecule has 0 bridgehead atoms. The van der Waals surface area contributed by atoms with Gasteiger partial charge < -0.3 is 10.1 Å². The molecule has 1 rings (SSSR count). The Hall–Kier alpha value is -1.58. The van der Waals surface area contributed by atoms with Crippen molar-refractivity contribution >= 4 is 11.8 Å². The van der Waals surface area contributed by atoms with Gasteiger partial charge in [-0.1, -0.05) is 6.92 Å². The first kappa shape index (κ1) is 10.5. The molecule has 0 amide bonds. The average Bonchev–Trinajstić information content (AvgIpc) is 2.51. The predicted octanol–water partition coefficient (Wildman–Crippen LogP) is 1.62. The lowest BCUT2D eigenvalue weighted by Crippen LogP contribution is -2.14. The first-order valence-electron chi connectivity index (χ1n) is 4.42. The van der Waals surface area contributed by atoms with Gasteiger partial charge in [-0.3, -0.25) is 9.59 Å². The number of hydrogen-bond donors (Lipinski definition) is 2. The lowest BCUT2D eigenvalue weighted by Gasteiger charge is -2.03. The van der Waals surface area contributed by atoms with Crippen LogP contribution in [0.4, 0.5) is 0 Å². The Morgan fingerprint density at radius 2 is 2.14 bits per heavy atom. The van der Waals surface area contributed by atoms with Crippen molar-refractivity contribution in [2.75, 3.05) is 0 Å². The number of carboxylic acids is 1. The van der Waals surface area contributed by atoms with Crippen LogP contribution in [0.3, 0.4) is 0 Å². The Morgan fingerprint density at radius 3 is 2.57 bits per heavy atom. The van der Waals surface area contributed by atoms with E-state index in [1.54, 1.807) is 12.1 Å². The number of carbonyl (C=O) groups is 2. The van der Waals surface area contributed by atoms with Crippen molar-refractivity contribution in [3.8, 4) is 0 Å². The summed E-state index contributed by atoms with van der Waals surface area (Å²) in [7, 11) is 0. The van der Waals surface area contributed by atoms with E-state index in [1.807, 2.05) is 6.92 Å². The summed E-state index contributed by atoms with van der Waals surface area (Å²) in [5.74, 6) is -1.74. The molecule has 0 radical (unpaired) electrons. The highest BCUT2D eigenvalue weighted by Gasteiger charge is 2.17. The number of aryl methyl sites for hydroxylation is 1. The minimum atomic E-state index is -0.943. The second-order valence-electron chi connectivity index (χ2n) is 3.42. The number of ketones is 1. The van der Waals surface area contributed by atoms with Gasteiger partial charge in [-0.25, -0.2) is 0 Å². The number of nitrogens with one attached hydrogen (secondary N) is 1. The first-order valence-corrected chi connectivity index (χ1v) is 4.42. The van der Waals surface area contributed by atoms with Crippen LogP contribution in [0.15, 0.2) is 12.1 Å². The normalized spacial score (nSPS) is 12.4. The molecule has 0 aliphatic carbocycles. The van der Waals surface area contributed by atoms with Crippen LogP contribution in [0.5, 0.6) is 0 Å². The Kier molecular flexibility index (Phi) is 3.06. The van der Waals surface area contributed by atoms with Gasteiger partial charge >= 0.3 is 5.97 Å². The lowest BCUT2D eigenvalue weighted by atomic mass is 10.0. The largest absolute Gasteiger partial charge is 0.481 e. The van der Waals surface area contributed by atoms with E-state index in [-0.39, 0.29) is 12.2 Å². The summed E-state index contributed by atoms with van der Waals surface area (Å²) in [5.41, 5.74) is 1.38. The predicted molar refractivity (Wildman–Crippen MR) is 51.3 cm³/mol. The number of rotatable bonds is 4. The van der Waals surface area contributed by atoms with Crippen LogP contribution in [-0.2, 0) is 4.79 Å². The third-order valence-electron chi connectivity index (χ3n) is 2.05. The van der Waals surface area contributed by atoms with E-state index in [4.69, 9.17) is 5.11 Å². The third kappa shape index (κ3) is 2.45. The van der Waals surface area contributed by atoms with Crippen molar-refractivity contribution < 1.29 is 14.7 Å². The molecule has 0 fully saturated rings. The molecule has 0 aliphatic rings. The molecule has 1 aromatic heterocycles. The maximum absolute atomic E-state index is 11.5. The summed E-state index contributed by atoms with van der Waals surface area (Å²) in [6, 6.07) is 3.46. The number of Topliss-reactive ketones (excluding diaryl/α,β-unsaturated/α-hetero) is 1. The van der Waals surface area contributed by atoms with Crippen LogP contribution in [0, 0.1) is 12.8 Å². The van der Waals surface area contributed by atoms with Gasteiger partial charge in [0.25, 0.3) is 0 Å². The van der Waals surface area contributed by atoms with Gasteiger partial charge in [-0.2, -0.15) is 0 Å². The van der Waals surface area contributed by atoms with Crippen molar-refractivity contribution in [2.45, 2.75) is 20.3 Å². The molecule has 1 atom stereocenters. The van der Waals surface area contributed by atoms with Crippen molar-refractivity contribution in [1.82, 2.24) is 4.98 Å². The van der Waals surface area contributed by atoms with Gasteiger partial charge in [0.05, 0.1) is 11.6 Å². The highest BCUT2D eigenvalue weighted by Crippen LogP contribution is 2.09. The van der Waals surface area contributed by atoms with E-state index in [0.29, 0.717) is 5.69 Å². The topological polar surface area (TPSA) is 70.2 Å². The molecule has 1 unspecified atom stereocenters. The van der Waals surface area contributed by atoms with Crippen LogP contribution in [-0.4, -0.2) is 21.8 Å². The van der Waals surface area contributed by atoms with E-state index < -0.39 is 11.9 Å². The van der Waals surface area contributed by atoms with Gasteiger partial charge in [-0.15, -0.1) is 0 Å². The number of H-pyrrole nitrogens is 1. The molecule has 76 valence electrons. The van der Waals surface area contributed by atoms with Crippen LogP contribution >= 0.6 is 0 Å². The molecular formula is C10H13NO3. The summed E-state index contributed by atoms with van der Waals surface area (Å²) in [6.45, 7) is 3.37. The summed E-state index contributed by atoms with van der Waals surface area (Å²) in [6.07, 6.45) is 0.0370. The quantitative estimate of drug-likeness (QED) is 0.717. The van der Waals surface area contributed by atoms with Gasteiger partial charge in [0.1, 0.15) is 0 Å². The van der Waals surface area contributed by atoms with Crippen LogP contribution in [0.25, 0.3) is 0 Å². The number of aliphatic carboxylic acids is 1. The molecule has 0 aliphatic heterocycles. The molecule has 1 aromatic rings. The van der Waals surface area contributed by atoms with E-state index in [1.165, 1.54) is 6.92 Å². The maximum atomic E-state index is 11.5. The number of hydrogen-bond acceptors (Lipinski definition) is 2. The van der Waals surface area contributed by atoms with Crippen molar-refractivity contribution in [3.63, 3.8) is 0 Å². The van der Waals surface area contributed by atoms with E-state index in [0.717, 1.165) is 5.69 Å². The number of carboxylic acid groups (broad SMARTS) is 1. The van der Waals surface area contributed by atoms with Crippen LogP contribution < -0.4 is 0 Å². The fourth-order valence-corrected chi connectivity index (χ4v) is 1.14. The van der Waals surface area contributed by atoms with Gasteiger partial charge in [0.2, 0.25) is 0 Å². The second kappa shape index (κ2) is 4.09. The van der Waals surface area contributed by atoms with E-state index >= 15 is 0 Å². The monoisotopic (exact) mass is 195 g/mol. The van der Waals surface area contributed by atoms with Gasteiger partial charge in [0.15, 0.2) is 5.78 Å². The average molecular weight is 195 g/mol. The Bertz CT molecular complexity index is 354. The molecule has 1 heterocycles. The molecule has 0 saturated carbocycles. The molecule has 0 spiro atoms. The fourth-order valence-electron chi connectivity index (χ4n) is 1.14.